The Bertz CT molecular complexity index is 258. The molecule has 3 aliphatic rings. The van der Waals surface area contributed by atoms with Crippen molar-refractivity contribution < 1.29 is 5.11 Å². The normalized spacial score (nSPS) is 53.5. The van der Waals surface area contributed by atoms with Crippen molar-refractivity contribution in [2.75, 3.05) is 0 Å². The SMILES string of the molecule is OC1CCC23C=CC2(CCCC3)C1. The molecule has 3 unspecified atom stereocenters. The van der Waals surface area contributed by atoms with Gasteiger partial charge in [0.05, 0.1) is 6.10 Å². The highest BCUT2D eigenvalue weighted by Crippen LogP contribution is 2.65. The lowest BCUT2D eigenvalue weighted by Crippen LogP contribution is -2.53. The van der Waals surface area contributed by atoms with Crippen LogP contribution in [0.4, 0.5) is 0 Å². The van der Waals surface area contributed by atoms with Crippen LogP contribution in [0.5, 0.6) is 0 Å². The monoisotopic (exact) mass is 178 g/mol. The first-order valence-electron chi connectivity index (χ1n) is 5.65. The Hall–Kier alpha value is -0.300. The van der Waals surface area contributed by atoms with Gasteiger partial charge in [-0.3, -0.25) is 0 Å². The Labute approximate surface area is 79.8 Å². The first-order chi connectivity index (χ1) is 6.27. The van der Waals surface area contributed by atoms with Gasteiger partial charge in [0.25, 0.3) is 0 Å². The summed E-state index contributed by atoms with van der Waals surface area (Å²) in [6, 6.07) is 0. The Morgan fingerprint density at radius 1 is 1.00 bits per heavy atom. The topological polar surface area (TPSA) is 20.2 Å². The molecule has 1 nitrogen and oxygen atoms in total. The summed E-state index contributed by atoms with van der Waals surface area (Å²) < 4.78 is 0. The summed E-state index contributed by atoms with van der Waals surface area (Å²) in [7, 11) is 0. The lowest BCUT2D eigenvalue weighted by Gasteiger charge is -2.61. The molecular weight excluding hydrogens is 160 g/mol. The summed E-state index contributed by atoms with van der Waals surface area (Å²) in [5.74, 6) is 0. The van der Waals surface area contributed by atoms with E-state index in [1.807, 2.05) is 0 Å². The van der Waals surface area contributed by atoms with E-state index in [-0.39, 0.29) is 6.10 Å². The molecule has 3 aliphatic carbocycles. The minimum atomic E-state index is -0.0174. The minimum Gasteiger partial charge on any atom is -0.393 e. The van der Waals surface area contributed by atoms with Crippen molar-refractivity contribution in [1.82, 2.24) is 0 Å². The number of hydrogen-bond acceptors (Lipinski definition) is 1. The lowest BCUT2D eigenvalue weighted by atomic mass is 9.44. The van der Waals surface area contributed by atoms with Crippen LogP contribution in [0.25, 0.3) is 0 Å². The molecule has 1 heteroatoms. The molecule has 3 atom stereocenters. The molecule has 3 rings (SSSR count). The summed E-state index contributed by atoms with van der Waals surface area (Å²) in [5.41, 5.74) is 0.966. The second-order valence-corrected chi connectivity index (χ2v) is 5.25. The van der Waals surface area contributed by atoms with Crippen LogP contribution in [0.1, 0.15) is 44.9 Å². The lowest BCUT2D eigenvalue weighted by molar-refractivity contribution is -0.0594. The first-order valence-corrected chi connectivity index (χ1v) is 5.65. The van der Waals surface area contributed by atoms with Gasteiger partial charge in [-0.1, -0.05) is 25.0 Å². The van der Waals surface area contributed by atoms with Gasteiger partial charge in [-0.15, -0.1) is 0 Å². The molecule has 0 amide bonds. The highest BCUT2D eigenvalue weighted by molar-refractivity contribution is 5.29. The standard InChI is InChI=1S/C12H18O/c13-10-3-6-11-4-1-2-5-12(11,9-10)8-7-11/h7-8,10,13H,1-6,9H2. The van der Waals surface area contributed by atoms with Crippen LogP contribution in [-0.2, 0) is 0 Å². The molecule has 2 saturated carbocycles. The fourth-order valence-electron chi connectivity index (χ4n) is 3.88. The van der Waals surface area contributed by atoms with E-state index >= 15 is 0 Å². The molecule has 0 bridgehead atoms. The number of rotatable bonds is 0. The Kier molecular flexibility index (Phi) is 1.48. The van der Waals surface area contributed by atoms with Gasteiger partial charge in [0.1, 0.15) is 0 Å². The summed E-state index contributed by atoms with van der Waals surface area (Å²) in [4.78, 5) is 0. The van der Waals surface area contributed by atoms with E-state index in [0.29, 0.717) is 10.8 Å². The second kappa shape index (κ2) is 2.38. The smallest absolute Gasteiger partial charge is 0.0549 e. The average Bonchev–Trinajstić information content (AvgIpc) is 2.11. The maximum absolute atomic E-state index is 9.73. The van der Waals surface area contributed by atoms with Crippen molar-refractivity contribution in [2.45, 2.75) is 51.0 Å². The van der Waals surface area contributed by atoms with E-state index in [1.54, 1.807) is 0 Å². The van der Waals surface area contributed by atoms with E-state index in [4.69, 9.17) is 0 Å². The minimum absolute atomic E-state index is 0.0174. The van der Waals surface area contributed by atoms with Gasteiger partial charge >= 0.3 is 0 Å². The van der Waals surface area contributed by atoms with Crippen molar-refractivity contribution >= 4 is 0 Å². The van der Waals surface area contributed by atoms with Crippen LogP contribution in [0.3, 0.4) is 0 Å². The van der Waals surface area contributed by atoms with E-state index in [9.17, 15) is 5.11 Å². The summed E-state index contributed by atoms with van der Waals surface area (Å²) in [6.07, 6.45) is 13.6. The predicted octanol–water partition coefficient (Wildman–Crippen LogP) is 2.65. The maximum Gasteiger partial charge on any atom is 0.0549 e. The molecule has 0 spiro atoms. The molecule has 72 valence electrons. The van der Waals surface area contributed by atoms with Gasteiger partial charge < -0.3 is 5.11 Å². The summed E-state index contributed by atoms with van der Waals surface area (Å²) in [6.45, 7) is 0. The van der Waals surface area contributed by atoms with Crippen LogP contribution in [0.2, 0.25) is 0 Å². The van der Waals surface area contributed by atoms with Crippen molar-refractivity contribution in [3.63, 3.8) is 0 Å². The molecule has 0 aliphatic heterocycles. The van der Waals surface area contributed by atoms with Gasteiger partial charge in [-0.05, 0) is 42.9 Å². The summed E-state index contributed by atoms with van der Waals surface area (Å²) in [5, 5.41) is 9.73. The average molecular weight is 178 g/mol. The largest absolute Gasteiger partial charge is 0.393 e. The molecule has 0 aromatic carbocycles. The van der Waals surface area contributed by atoms with Gasteiger partial charge in [-0.2, -0.15) is 0 Å². The number of aliphatic hydroxyl groups excluding tert-OH is 1. The summed E-state index contributed by atoms with van der Waals surface area (Å²) >= 11 is 0. The van der Waals surface area contributed by atoms with E-state index in [2.05, 4.69) is 12.2 Å². The van der Waals surface area contributed by atoms with Crippen LogP contribution in [-0.4, -0.2) is 11.2 Å². The maximum atomic E-state index is 9.73. The van der Waals surface area contributed by atoms with E-state index in [1.165, 1.54) is 32.1 Å². The van der Waals surface area contributed by atoms with Crippen molar-refractivity contribution in [3.8, 4) is 0 Å². The van der Waals surface area contributed by atoms with Crippen LogP contribution >= 0.6 is 0 Å². The highest BCUT2D eigenvalue weighted by atomic mass is 16.3. The predicted molar refractivity (Wildman–Crippen MR) is 52.3 cm³/mol. The fraction of sp³-hybridized carbons (Fsp3) is 0.833. The van der Waals surface area contributed by atoms with Crippen molar-refractivity contribution in [1.29, 1.82) is 0 Å². The van der Waals surface area contributed by atoms with Crippen LogP contribution in [0, 0.1) is 10.8 Å². The van der Waals surface area contributed by atoms with Crippen LogP contribution < -0.4 is 0 Å². The number of hydrogen-bond donors (Lipinski definition) is 1. The third kappa shape index (κ3) is 0.864. The second-order valence-electron chi connectivity index (χ2n) is 5.25. The molecule has 0 saturated heterocycles. The third-order valence-corrected chi connectivity index (χ3v) is 4.73. The molecule has 1 N–H and O–H groups in total. The van der Waals surface area contributed by atoms with Crippen molar-refractivity contribution in [3.05, 3.63) is 12.2 Å². The van der Waals surface area contributed by atoms with E-state index < -0.39 is 0 Å². The first kappa shape index (κ1) is 8.05. The molecule has 2 fully saturated rings. The fourth-order valence-corrected chi connectivity index (χ4v) is 3.88. The van der Waals surface area contributed by atoms with Gasteiger partial charge in [0.15, 0.2) is 0 Å². The number of allylic oxidation sites excluding steroid dienone is 2. The Morgan fingerprint density at radius 2 is 1.69 bits per heavy atom. The quantitative estimate of drug-likeness (QED) is 0.565. The molecule has 13 heavy (non-hydrogen) atoms. The molecule has 0 aromatic rings. The van der Waals surface area contributed by atoms with Gasteiger partial charge in [0, 0.05) is 0 Å². The molecule has 0 radical (unpaired) electrons. The third-order valence-electron chi connectivity index (χ3n) is 4.73. The van der Waals surface area contributed by atoms with Crippen molar-refractivity contribution in [2.24, 2.45) is 10.8 Å². The molecule has 0 heterocycles. The zero-order chi connectivity index (χ0) is 8.94. The van der Waals surface area contributed by atoms with Gasteiger partial charge in [-0.25, -0.2) is 0 Å². The zero-order valence-electron chi connectivity index (χ0n) is 8.13. The number of aliphatic hydroxyl groups is 1. The molecular formula is C12H18O. The Morgan fingerprint density at radius 3 is 2.38 bits per heavy atom. The van der Waals surface area contributed by atoms with Crippen LogP contribution in [0.15, 0.2) is 12.2 Å². The highest BCUT2D eigenvalue weighted by Gasteiger charge is 2.57. The van der Waals surface area contributed by atoms with E-state index in [0.717, 1.165) is 12.8 Å². The molecule has 0 aromatic heterocycles. The Balaban J connectivity index is 1.95. The zero-order valence-corrected chi connectivity index (χ0v) is 8.13. The van der Waals surface area contributed by atoms with Gasteiger partial charge in [0.2, 0.25) is 0 Å².